The van der Waals surface area contributed by atoms with Crippen LogP contribution in [-0.4, -0.2) is 63.7 Å². The minimum Gasteiger partial charge on any atom is -0.431 e. The van der Waals surface area contributed by atoms with Crippen LogP contribution in [0.1, 0.15) is 20.8 Å². The molecule has 12 nitrogen and oxygen atoms in total. The average Bonchev–Trinajstić information content (AvgIpc) is 3.23. The summed E-state index contributed by atoms with van der Waals surface area (Å²) in [4.78, 5) is 25.0. The maximum Gasteiger partial charge on any atom is 0.342 e. The number of amides is 1. The van der Waals surface area contributed by atoms with Crippen molar-refractivity contribution in [3.8, 4) is 5.75 Å². The summed E-state index contributed by atoms with van der Waals surface area (Å²) in [6, 6.07) is 3.91. The summed E-state index contributed by atoms with van der Waals surface area (Å²) in [6.07, 6.45) is 2.06. The molecule has 0 aliphatic heterocycles. The number of nitrogens with zero attached hydrogens (tertiary/aromatic N) is 4. The molecule has 196 valence electrons. The zero-order valence-corrected chi connectivity index (χ0v) is 21.4. The minimum atomic E-state index is -3.85. The van der Waals surface area contributed by atoms with Crippen LogP contribution < -0.4 is 20.7 Å². The highest BCUT2D eigenvalue weighted by Crippen LogP contribution is 2.44. The van der Waals surface area contributed by atoms with Gasteiger partial charge in [0.05, 0.1) is 25.6 Å². The molecule has 0 aliphatic rings. The van der Waals surface area contributed by atoms with Crippen molar-refractivity contribution in [2.45, 2.75) is 45.5 Å². The number of benzene rings is 1. The first kappa shape index (κ1) is 27.5. The van der Waals surface area contributed by atoms with Gasteiger partial charge in [0, 0.05) is 13.2 Å². The molecule has 1 amide bonds. The van der Waals surface area contributed by atoms with Crippen LogP contribution in [0.2, 0.25) is 0 Å². The van der Waals surface area contributed by atoms with Crippen molar-refractivity contribution in [1.29, 1.82) is 0 Å². The Morgan fingerprint density at radius 1 is 1.19 bits per heavy atom. The van der Waals surface area contributed by atoms with Gasteiger partial charge in [0.25, 0.3) is 0 Å². The normalized spacial score (nSPS) is 14.9. The van der Waals surface area contributed by atoms with Crippen molar-refractivity contribution in [3.63, 3.8) is 0 Å². The minimum absolute atomic E-state index is 0.0625. The topological polar surface area (TPSA) is 156 Å². The van der Waals surface area contributed by atoms with Crippen molar-refractivity contribution in [2.75, 3.05) is 25.8 Å². The van der Waals surface area contributed by atoms with Gasteiger partial charge in [-0.1, -0.05) is 0 Å². The second kappa shape index (κ2) is 12.2. The Balaban J connectivity index is 1.76. The van der Waals surface area contributed by atoms with Gasteiger partial charge in [-0.15, -0.1) is 0 Å². The molecule has 0 saturated heterocycles. The van der Waals surface area contributed by atoms with Gasteiger partial charge in [0.15, 0.2) is 11.5 Å². The average molecular weight is 524 g/mol. The maximum atomic E-state index is 13.9. The van der Waals surface area contributed by atoms with Gasteiger partial charge in [0.2, 0.25) is 5.91 Å². The van der Waals surface area contributed by atoms with Crippen LogP contribution in [0, 0.1) is 5.82 Å². The van der Waals surface area contributed by atoms with Crippen LogP contribution >= 0.6 is 7.52 Å². The Morgan fingerprint density at radius 3 is 2.58 bits per heavy atom. The van der Waals surface area contributed by atoms with E-state index in [-0.39, 0.29) is 30.6 Å². The number of nitrogens with one attached hydrogen (secondary N) is 2. The zero-order chi connectivity index (χ0) is 26.3. The number of methoxy groups -OCH3 is 1. The summed E-state index contributed by atoms with van der Waals surface area (Å²) in [5, 5.41) is 5.53. The van der Waals surface area contributed by atoms with Crippen LogP contribution in [0.4, 0.5) is 10.2 Å². The number of aromatic nitrogens is 4. The number of hydrogen-bond donors (Lipinski definition) is 3. The van der Waals surface area contributed by atoms with Crippen molar-refractivity contribution in [1.82, 2.24) is 29.9 Å². The van der Waals surface area contributed by atoms with E-state index >= 15 is 0 Å². The summed E-state index contributed by atoms with van der Waals surface area (Å²) >= 11 is 0. The highest BCUT2D eigenvalue weighted by molar-refractivity contribution is 7.57. The summed E-state index contributed by atoms with van der Waals surface area (Å²) in [6.45, 7) is 5.64. The molecule has 0 bridgehead atoms. The molecule has 2 unspecified atom stereocenters. The number of rotatable bonds is 13. The number of hydrogen-bond acceptors (Lipinski definition) is 9. The summed E-state index contributed by atoms with van der Waals surface area (Å²) in [5.41, 5.74) is 6.84. The van der Waals surface area contributed by atoms with E-state index in [1.807, 2.05) is 0 Å². The van der Waals surface area contributed by atoms with Crippen LogP contribution in [0.3, 0.4) is 0 Å². The van der Waals surface area contributed by atoms with E-state index in [4.69, 9.17) is 19.7 Å². The monoisotopic (exact) mass is 523 g/mol. The largest absolute Gasteiger partial charge is 0.431 e. The van der Waals surface area contributed by atoms with Crippen molar-refractivity contribution in [3.05, 3.63) is 42.7 Å². The first-order valence-corrected chi connectivity index (χ1v) is 13.1. The Morgan fingerprint density at radius 2 is 1.92 bits per heavy atom. The maximum absolute atomic E-state index is 13.9. The third-order valence-corrected chi connectivity index (χ3v) is 6.61. The smallest absolute Gasteiger partial charge is 0.342 e. The number of imidazole rings is 1. The van der Waals surface area contributed by atoms with E-state index in [0.717, 1.165) is 0 Å². The lowest BCUT2D eigenvalue weighted by Crippen LogP contribution is -2.48. The quantitative estimate of drug-likeness (QED) is 0.284. The fourth-order valence-corrected chi connectivity index (χ4v) is 5.06. The third kappa shape index (κ3) is 7.44. The number of halogens is 1. The molecule has 4 N–H and O–H groups in total. The lowest BCUT2D eigenvalue weighted by Gasteiger charge is -2.27. The molecule has 1 aromatic carbocycles. The number of nitrogens with two attached hydrogens (primary N) is 1. The van der Waals surface area contributed by atoms with E-state index in [2.05, 4.69) is 25.4 Å². The number of fused-ring (bicyclic) bond motifs is 1. The highest BCUT2D eigenvalue weighted by atomic mass is 31.2. The fraction of sp³-hybridized carbons (Fsp3) is 0.455. The molecule has 0 spiro atoms. The van der Waals surface area contributed by atoms with Crippen LogP contribution in [0.25, 0.3) is 11.2 Å². The summed E-state index contributed by atoms with van der Waals surface area (Å²) < 4.78 is 45.7. The van der Waals surface area contributed by atoms with E-state index in [1.165, 1.54) is 37.7 Å². The molecule has 0 aliphatic carbocycles. The molecular formula is C22H31FN7O5P. The molecule has 3 atom stereocenters. The number of carbonyl (C=O) groups is 1. The van der Waals surface area contributed by atoms with E-state index < -0.39 is 31.4 Å². The number of carbonyl (C=O) groups excluding carboxylic acids is 1. The van der Waals surface area contributed by atoms with Crippen molar-refractivity contribution in [2.24, 2.45) is 0 Å². The number of anilines is 1. The number of ether oxygens (including phenoxy) is 2. The first-order valence-electron chi connectivity index (χ1n) is 11.2. The molecule has 3 aromatic rings. The van der Waals surface area contributed by atoms with E-state index in [9.17, 15) is 13.8 Å². The van der Waals surface area contributed by atoms with E-state index in [0.29, 0.717) is 17.7 Å². The Bertz CT molecular complexity index is 1210. The van der Waals surface area contributed by atoms with Gasteiger partial charge < -0.3 is 29.6 Å². The predicted octanol–water partition coefficient (Wildman–Crippen LogP) is 2.31. The van der Waals surface area contributed by atoms with Gasteiger partial charge in [-0.25, -0.2) is 24.4 Å². The summed E-state index contributed by atoms with van der Waals surface area (Å²) in [5.74, 6) is -0.472. The second-order valence-corrected chi connectivity index (χ2v) is 10.5. The van der Waals surface area contributed by atoms with Gasteiger partial charge in [-0.3, -0.25) is 9.36 Å². The Hall–Kier alpha value is -3.12. The molecule has 14 heteroatoms. The molecule has 2 aromatic heterocycles. The number of nitrogen functional groups attached to an aromatic ring is 1. The van der Waals surface area contributed by atoms with Gasteiger partial charge >= 0.3 is 7.52 Å². The second-order valence-electron chi connectivity index (χ2n) is 8.45. The molecular weight excluding hydrogens is 492 g/mol. The lowest BCUT2D eigenvalue weighted by atomic mass is 10.3. The lowest BCUT2D eigenvalue weighted by molar-refractivity contribution is -0.124. The fourth-order valence-electron chi connectivity index (χ4n) is 3.30. The van der Waals surface area contributed by atoms with Gasteiger partial charge in [-0.2, -0.15) is 0 Å². The first-order chi connectivity index (χ1) is 17.1. The van der Waals surface area contributed by atoms with Crippen molar-refractivity contribution < 1.29 is 27.7 Å². The molecule has 0 radical (unpaired) electrons. The van der Waals surface area contributed by atoms with Gasteiger partial charge in [-0.05, 0) is 45.0 Å². The van der Waals surface area contributed by atoms with Crippen LogP contribution in [0.15, 0.2) is 36.9 Å². The predicted molar refractivity (Wildman–Crippen MR) is 132 cm³/mol. The standard InChI is InChI=1S/C22H31FN7O5P/c1-14(2)28-22(31)18(10-33-4)29-36(32,35-17-7-5-16(23)6-8-17)13-34-15(3)9-30-12-27-19-20(24)25-11-26-21(19)30/h5-8,11-12,14-15,18H,9-10,13H2,1-4H3,(H,28,31)(H,29,32)(H2,24,25,26)/t15-,18?,36?/m1/s1. The molecule has 2 heterocycles. The molecule has 3 rings (SSSR count). The zero-order valence-electron chi connectivity index (χ0n) is 20.6. The molecule has 36 heavy (non-hydrogen) atoms. The SMILES string of the molecule is COCC(NP(=O)(CO[C@H](C)Cn1cnc2c(N)ncnc21)Oc1ccc(F)cc1)C(=O)NC(C)C. The van der Waals surface area contributed by atoms with Crippen LogP contribution in [-0.2, 0) is 25.4 Å². The Labute approximate surface area is 208 Å². The molecule has 0 fully saturated rings. The van der Waals surface area contributed by atoms with Crippen molar-refractivity contribution >= 4 is 30.4 Å². The highest BCUT2D eigenvalue weighted by Gasteiger charge is 2.33. The molecule has 0 saturated carbocycles. The Kier molecular flexibility index (Phi) is 9.32. The van der Waals surface area contributed by atoms with Crippen LogP contribution in [0.5, 0.6) is 5.75 Å². The summed E-state index contributed by atoms with van der Waals surface area (Å²) in [7, 11) is -2.42. The van der Waals surface area contributed by atoms with E-state index in [1.54, 1.807) is 31.7 Å². The van der Waals surface area contributed by atoms with Gasteiger partial charge in [0.1, 0.15) is 35.8 Å². The third-order valence-electron chi connectivity index (χ3n) is 4.91.